The molecule has 4 aromatic rings. The molecular weight excluding hydrogens is 426 g/mol. The second-order valence-electron chi connectivity index (χ2n) is 7.27. The Labute approximate surface area is 188 Å². The highest BCUT2D eigenvalue weighted by Crippen LogP contribution is 2.28. The van der Waals surface area contributed by atoms with Crippen LogP contribution in [0.5, 0.6) is 5.75 Å². The van der Waals surface area contributed by atoms with Crippen molar-refractivity contribution in [1.29, 1.82) is 5.26 Å². The quantitative estimate of drug-likeness (QED) is 0.462. The fourth-order valence-corrected chi connectivity index (χ4v) is 4.51. The number of piperazine rings is 1. The number of para-hydroxylation sites is 1. The van der Waals surface area contributed by atoms with Gasteiger partial charge in [0.1, 0.15) is 34.5 Å². The lowest BCUT2D eigenvalue weighted by Gasteiger charge is -2.34. The molecule has 0 radical (unpaired) electrons. The van der Waals surface area contributed by atoms with Gasteiger partial charge in [-0.2, -0.15) is 5.26 Å². The van der Waals surface area contributed by atoms with Gasteiger partial charge in [-0.15, -0.1) is 0 Å². The van der Waals surface area contributed by atoms with Crippen LogP contribution in [-0.2, 0) is 6.61 Å². The molecule has 0 aliphatic carbocycles. The number of fused-ring (bicyclic) bond motifs is 1. The summed E-state index contributed by atoms with van der Waals surface area (Å²) in [5.74, 6) is 1.16. The van der Waals surface area contributed by atoms with Crippen LogP contribution >= 0.6 is 11.3 Å². The van der Waals surface area contributed by atoms with Crippen LogP contribution in [-0.4, -0.2) is 47.0 Å². The second-order valence-corrected chi connectivity index (χ2v) is 8.22. The molecule has 0 unspecified atom stereocenters. The van der Waals surface area contributed by atoms with Crippen molar-refractivity contribution in [2.45, 2.75) is 6.61 Å². The number of pyridine rings is 1. The molecule has 0 bridgehead atoms. The maximum absolute atomic E-state index is 12.9. The van der Waals surface area contributed by atoms with Crippen molar-refractivity contribution < 1.29 is 13.9 Å². The van der Waals surface area contributed by atoms with Gasteiger partial charge in [0.15, 0.2) is 10.9 Å². The smallest absolute Gasteiger partial charge is 0.289 e. The Morgan fingerprint density at radius 1 is 1.12 bits per heavy atom. The third-order valence-electron chi connectivity index (χ3n) is 5.24. The van der Waals surface area contributed by atoms with E-state index in [2.05, 4.69) is 20.9 Å². The predicted octanol–water partition coefficient (Wildman–Crippen LogP) is 3.70. The van der Waals surface area contributed by atoms with Gasteiger partial charge in [0.2, 0.25) is 0 Å². The van der Waals surface area contributed by atoms with Gasteiger partial charge in [0.05, 0.1) is 5.56 Å². The first-order chi connectivity index (χ1) is 15.7. The van der Waals surface area contributed by atoms with E-state index in [1.807, 2.05) is 12.1 Å². The summed E-state index contributed by atoms with van der Waals surface area (Å²) in [6.07, 6.45) is 1.77. The molecule has 1 aliphatic heterocycles. The fourth-order valence-electron chi connectivity index (χ4n) is 3.55. The maximum Gasteiger partial charge on any atom is 0.289 e. The van der Waals surface area contributed by atoms with E-state index in [1.54, 1.807) is 58.8 Å². The minimum Gasteiger partial charge on any atom is -0.484 e. The van der Waals surface area contributed by atoms with E-state index in [9.17, 15) is 4.79 Å². The van der Waals surface area contributed by atoms with E-state index >= 15 is 0 Å². The standard InChI is InChI=1S/C23H19N5O3S/c24-14-16-4-1-2-6-19(16)30-15-17-7-8-20(31-17)22(29)27-10-12-28(13-11-27)23-26-18-5-3-9-25-21(18)32-23/h1-9H,10-13,15H2. The lowest BCUT2D eigenvalue weighted by atomic mass is 10.2. The molecule has 1 amide bonds. The SMILES string of the molecule is N#Cc1ccccc1OCc1ccc(C(=O)N2CCN(c3nc4cccnc4s3)CC2)o1. The Hall–Kier alpha value is -3.90. The van der Waals surface area contributed by atoms with Crippen LogP contribution in [0.2, 0.25) is 0 Å². The average molecular weight is 446 g/mol. The molecular formula is C23H19N5O3S. The lowest BCUT2D eigenvalue weighted by Crippen LogP contribution is -2.48. The number of thiazole rings is 1. The number of nitriles is 1. The van der Waals surface area contributed by atoms with Gasteiger partial charge in [0, 0.05) is 32.4 Å². The number of anilines is 1. The number of carbonyl (C=O) groups excluding carboxylic acids is 1. The molecule has 160 valence electrons. The Kier molecular flexibility index (Phi) is 5.44. The largest absolute Gasteiger partial charge is 0.484 e. The molecule has 1 fully saturated rings. The summed E-state index contributed by atoms with van der Waals surface area (Å²) in [6, 6.07) is 16.3. The van der Waals surface area contributed by atoms with Gasteiger partial charge in [-0.05, 0) is 36.4 Å². The van der Waals surface area contributed by atoms with E-state index in [4.69, 9.17) is 14.4 Å². The number of amides is 1. The maximum atomic E-state index is 12.9. The van der Waals surface area contributed by atoms with Crippen molar-refractivity contribution >= 4 is 32.7 Å². The zero-order valence-corrected chi connectivity index (χ0v) is 17.9. The Balaban J connectivity index is 1.18. The zero-order chi connectivity index (χ0) is 21.9. The molecule has 0 N–H and O–H groups in total. The van der Waals surface area contributed by atoms with Crippen molar-refractivity contribution in [2.75, 3.05) is 31.1 Å². The third kappa shape index (κ3) is 4.00. The Morgan fingerprint density at radius 3 is 2.78 bits per heavy atom. The number of carbonyl (C=O) groups is 1. The number of furan rings is 1. The van der Waals surface area contributed by atoms with Crippen LogP contribution in [0.25, 0.3) is 10.3 Å². The van der Waals surface area contributed by atoms with Crippen molar-refractivity contribution in [2.24, 2.45) is 0 Å². The molecule has 1 aliphatic rings. The second kappa shape index (κ2) is 8.69. The highest BCUT2D eigenvalue weighted by Gasteiger charge is 2.26. The van der Waals surface area contributed by atoms with E-state index in [1.165, 1.54) is 0 Å². The van der Waals surface area contributed by atoms with Crippen molar-refractivity contribution in [1.82, 2.24) is 14.9 Å². The normalized spacial score (nSPS) is 13.8. The van der Waals surface area contributed by atoms with Gasteiger partial charge >= 0.3 is 0 Å². The molecule has 8 nitrogen and oxygen atoms in total. The van der Waals surface area contributed by atoms with Crippen LogP contribution in [0, 0.1) is 11.3 Å². The topological polar surface area (TPSA) is 95.5 Å². The lowest BCUT2D eigenvalue weighted by molar-refractivity contribution is 0.0710. The van der Waals surface area contributed by atoms with E-state index in [0.717, 1.165) is 15.5 Å². The highest BCUT2D eigenvalue weighted by molar-refractivity contribution is 7.21. The monoisotopic (exact) mass is 445 g/mol. The molecule has 9 heteroatoms. The number of benzene rings is 1. The molecule has 0 spiro atoms. The molecule has 5 rings (SSSR count). The van der Waals surface area contributed by atoms with Gasteiger partial charge in [-0.1, -0.05) is 23.5 Å². The number of hydrogen-bond acceptors (Lipinski definition) is 8. The first-order valence-corrected chi connectivity index (χ1v) is 11.0. The van der Waals surface area contributed by atoms with Crippen molar-refractivity contribution in [3.8, 4) is 11.8 Å². The van der Waals surface area contributed by atoms with Crippen LogP contribution in [0.4, 0.5) is 5.13 Å². The Morgan fingerprint density at radius 2 is 1.97 bits per heavy atom. The summed E-state index contributed by atoms with van der Waals surface area (Å²) in [4.78, 5) is 26.8. The molecule has 1 saturated heterocycles. The van der Waals surface area contributed by atoms with Crippen LogP contribution in [0.15, 0.2) is 59.1 Å². The summed E-state index contributed by atoms with van der Waals surface area (Å²) in [6.45, 7) is 2.72. The highest BCUT2D eigenvalue weighted by atomic mass is 32.1. The number of nitrogens with zero attached hydrogens (tertiary/aromatic N) is 5. The molecule has 32 heavy (non-hydrogen) atoms. The van der Waals surface area contributed by atoms with Gasteiger partial charge in [-0.3, -0.25) is 4.79 Å². The Bertz CT molecular complexity index is 1270. The van der Waals surface area contributed by atoms with E-state index in [-0.39, 0.29) is 18.3 Å². The minimum atomic E-state index is -0.140. The summed E-state index contributed by atoms with van der Waals surface area (Å²) in [7, 11) is 0. The predicted molar refractivity (Wildman–Crippen MR) is 120 cm³/mol. The van der Waals surface area contributed by atoms with Gasteiger partial charge in [0.25, 0.3) is 5.91 Å². The molecule has 4 heterocycles. The summed E-state index contributed by atoms with van der Waals surface area (Å²) in [5.41, 5.74) is 1.35. The van der Waals surface area contributed by atoms with Gasteiger partial charge in [-0.25, -0.2) is 9.97 Å². The van der Waals surface area contributed by atoms with Crippen LogP contribution in [0.3, 0.4) is 0 Å². The number of ether oxygens (including phenoxy) is 1. The minimum absolute atomic E-state index is 0.140. The fraction of sp³-hybridized carbons (Fsp3) is 0.217. The van der Waals surface area contributed by atoms with E-state index < -0.39 is 0 Å². The summed E-state index contributed by atoms with van der Waals surface area (Å²) in [5, 5.41) is 10.1. The number of hydrogen-bond donors (Lipinski definition) is 0. The van der Waals surface area contributed by atoms with Crippen molar-refractivity contribution in [3.05, 3.63) is 71.8 Å². The number of rotatable bonds is 5. The summed E-state index contributed by atoms with van der Waals surface area (Å²) >= 11 is 1.57. The average Bonchev–Trinajstić information content (AvgIpc) is 3.50. The third-order valence-corrected chi connectivity index (χ3v) is 6.28. The number of aromatic nitrogens is 2. The first kappa shape index (κ1) is 20.0. The van der Waals surface area contributed by atoms with Crippen molar-refractivity contribution in [3.63, 3.8) is 0 Å². The summed E-state index contributed by atoms with van der Waals surface area (Å²) < 4.78 is 11.4. The molecule has 0 atom stereocenters. The van der Waals surface area contributed by atoms with Gasteiger partial charge < -0.3 is 19.0 Å². The molecule has 1 aromatic carbocycles. The van der Waals surface area contributed by atoms with Crippen LogP contribution in [0.1, 0.15) is 21.9 Å². The van der Waals surface area contributed by atoms with E-state index in [0.29, 0.717) is 43.3 Å². The molecule has 3 aromatic heterocycles. The first-order valence-electron chi connectivity index (χ1n) is 10.2. The molecule has 0 saturated carbocycles. The zero-order valence-electron chi connectivity index (χ0n) is 17.1. The van der Waals surface area contributed by atoms with Crippen LogP contribution < -0.4 is 9.64 Å².